The normalized spacial score (nSPS) is 12.9. The fourth-order valence-corrected chi connectivity index (χ4v) is 2.80. The third-order valence-corrected chi connectivity index (χ3v) is 3.71. The summed E-state index contributed by atoms with van der Waals surface area (Å²) in [6, 6.07) is 4.20. The molecule has 0 saturated heterocycles. The number of nitro benzene ring substituents is 1. The van der Waals surface area contributed by atoms with E-state index >= 15 is 0 Å². The summed E-state index contributed by atoms with van der Waals surface area (Å²) in [7, 11) is -1.62. The van der Waals surface area contributed by atoms with Gasteiger partial charge in [0, 0.05) is 24.9 Å². The van der Waals surface area contributed by atoms with Crippen LogP contribution >= 0.6 is 0 Å². The molecule has 1 rings (SSSR count). The van der Waals surface area contributed by atoms with E-state index in [1.807, 2.05) is 0 Å². The van der Waals surface area contributed by atoms with E-state index in [2.05, 4.69) is 5.32 Å². The number of methoxy groups -OCH3 is 1. The third kappa shape index (κ3) is 5.54. The summed E-state index contributed by atoms with van der Waals surface area (Å²) in [6.45, 7) is 2.07. The SMILES string of the molecule is COc1cc(CNC(C)CS(C)(=O)=O)cc([N+](=O)[O-])c1. The van der Waals surface area contributed by atoms with Crippen molar-refractivity contribution in [3.63, 3.8) is 0 Å². The van der Waals surface area contributed by atoms with Gasteiger partial charge in [-0.1, -0.05) is 0 Å². The van der Waals surface area contributed by atoms with Crippen molar-refractivity contribution in [2.75, 3.05) is 19.1 Å². The van der Waals surface area contributed by atoms with E-state index in [9.17, 15) is 18.5 Å². The van der Waals surface area contributed by atoms with Crippen LogP contribution in [-0.2, 0) is 16.4 Å². The van der Waals surface area contributed by atoms with Crippen LogP contribution in [0.1, 0.15) is 12.5 Å². The lowest BCUT2D eigenvalue weighted by Crippen LogP contribution is -2.32. The van der Waals surface area contributed by atoms with Crippen LogP contribution in [-0.4, -0.2) is 38.5 Å². The predicted molar refractivity (Wildman–Crippen MR) is 75.7 cm³/mol. The quantitative estimate of drug-likeness (QED) is 0.599. The largest absolute Gasteiger partial charge is 0.496 e. The first-order chi connectivity index (χ1) is 9.21. The fourth-order valence-electron chi connectivity index (χ4n) is 1.77. The van der Waals surface area contributed by atoms with Crippen LogP contribution in [0.4, 0.5) is 5.69 Å². The smallest absolute Gasteiger partial charge is 0.273 e. The Hall–Kier alpha value is -1.67. The maximum absolute atomic E-state index is 11.1. The first-order valence-corrected chi connectivity index (χ1v) is 8.01. The van der Waals surface area contributed by atoms with Gasteiger partial charge < -0.3 is 10.1 Å². The van der Waals surface area contributed by atoms with Crippen LogP contribution in [0.15, 0.2) is 18.2 Å². The van der Waals surface area contributed by atoms with Gasteiger partial charge in [0.1, 0.15) is 15.6 Å². The van der Waals surface area contributed by atoms with Crippen molar-refractivity contribution in [2.24, 2.45) is 0 Å². The molecular weight excluding hydrogens is 284 g/mol. The Kier molecular flexibility index (Phi) is 5.46. The van der Waals surface area contributed by atoms with E-state index in [1.165, 1.54) is 25.5 Å². The van der Waals surface area contributed by atoms with Crippen molar-refractivity contribution in [3.8, 4) is 5.75 Å². The number of ether oxygens (including phenoxy) is 1. The molecule has 7 nitrogen and oxygen atoms in total. The van der Waals surface area contributed by atoms with Crippen LogP contribution < -0.4 is 10.1 Å². The monoisotopic (exact) mass is 302 g/mol. The standard InChI is InChI=1S/C12H18N2O5S/c1-9(8-20(3,17)18)13-7-10-4-11(14(15)16)6-12(5-10)19-2/h4-6,9,13H,7-8H2,1-3H3. The number of non-ortho nitro benzene ring substituents is 1. The molecule has 0 aliphatic carbocycles. The van der Waals surface area contributed by atoms with Crippen molar-refractivity contribution in [3.05, 3.63) is 33.9 Å². The zero-order valence-corrected chi connectivity index (χ0v) is 12.4. The minimum Gasteiger partial charge on any atom is -0.496 e. The lowest BCUT2D eigenvalue weighted by atomic mass is 10.2. The Morgan fingerprint density at radius 1 is 1.40 bits per heavy atom. The molecule has 1 aromatic carbocycles. The third-order valence-electron chi connectivity index (χ3n) is 2.60. The summed E-state index contributed by atoms with van der Waals surface area (Å²) in [5.74, 6) is 0.408. The van der Waals surface area contributed by atoms with Gasteiger partial charge in [-0.2, -0.15) is 0 Å². The number of nitrogens with one attached hydrogen (secondary N) is 1. The molecule has 0 aliphatic heterocycles. The van der Waals surface area contributed by atoms with Gasteiger partial charge in [0.05, 0.1) is 23.9 Å². The van der Waals surface area contributed by atoms with Gasteiger partial charge in [-0.3, -0.25) is 10.1 Å². The van der Waals surface area contributed by atoms with E-state index in [1.54, 1.807) is 13.0 Å². The maximum atomic E-state index is 11.1. The van der Waals surface area contributed by atoms with Gasteiger partial charge >= 0.3 is 0 Å². The summed E-state index contributed by atoms with van der Waals surface area (Å²) in [5, 5.41) is 13.8. The molecule has 1 atom stereocenters. The topological polar surface area (TPSA) is 98.5 Å². The number of nitro groups is 1. The number of hydrogen-bond acceptors (Lipinski definition) is 6. The van der Waals surface area contributed by atoms with E-state index < -0.39 is 14.8 Å². The van der Waals surface area contributed by atoms with Crippen molar-refractivity contribution in [2.45, 2.75) is 19.5 Å². The van der Waals surface area contributed by atoms with Gasteiger partial charge in [0.25, 0.3) is 5.69 Å². The summed E-state index contributed by atoms with van der Waals surface area (Å²) in [4.78, 5) is 10.3. The predicted octanol–water partition coefficient (Wildman–Crippen LogP) is 1.13. The van der Waals surface area contributed by atoms with E-state index in [0.717, 1.165) is 0 Å². The molecule has 0 amide bonds. The second-order valence-electron chi connectivity index (χ2n) is 4.67. The highest BCUT2D eigenvalue weighted by atomic mass is 32.2. The lowest BCUT2D eigenvalue weighted by Gasteiger charge is -2.13. The van der Waals surface area contributed by atoms with Gasteiger partial charge in [-0.25, -0.2) is 8.42 Å². The molecule has 0 spiro atoms. The molecule has 1 N–H and O–H groups in total. The van der Waals surface area contributed by atoms with Gasteiger partial charge in [-0.15, -0.1) is 0 Å². The summed E-state index contributed by atoms with van der Waals surface area (Å²) in [6.07, 6.45) is 1.17. The molecule has 20 heavy (non-hydrogen) atoms. The van der Waals surface area contributed by atoms with Crippen LogP contribution in [0.2, 0.25) is 0 Å². The molecule has 0 saturated carbocycles. The molecule has 0 aliphatic rings. The highest BCUT2D eigenvalue weighted by molar-refractivity contribution is 7.90. The average molecular weight is 302 g/mol. The Bertz CT molecular complexity index is 586. The number of benzene rings is 1. The minimum absolute atomic E-state index is 0.0130. The first-order valence-electron chi connectivity index (χ1n) is 5.94. The van der Waals surface area contributed by atoms with Crippen molar-refractivity contribution in [1.82, 2.24) is 5.32 Å². The Morgan fingerprint density at radius 2 is 2.05 bits per heavy atom. The Labute approximate surface area is 118 Å². The number of hydrogen-bond donors (Lipinski definition) is 1. The van der Waals surface area contributed by atoms with Gasteiger partial charge in [0.15, 0.2) is 0 Å². The number of sulfone groups is 1. The molecule has 8 heteroatoms. The maximum Gasteiger partial charge on any atom is 0.273 e. The number of rotatable bonds is 7. The highest BCUT2D eigenvalue weighted by Gasteiger charge is 2.13. The van der Waals surface area contributed by atoms with Gasteiger partial charge in [-0.05, 0) is 18.6 Å². The average Bonchev–Trinajstić information content (AvgIpc) is 2.33. The van der Waals surface area contributed by atoms with Crippen LogP contribution in [0.25, 0.3) is 0 Å². The van der Waals surface area contributed by atoms with Crippen LogP contribution in [0, 0.1) is 10.1 Å². The molecule has 1 aromatic rings. The van der Waals surface area contributed by atoms with Gasteiger partial charge in [0.2, 0.25) is 0 Å². The van der Waals surface area contributed by atoms with Crippen molar-refractivity contribution in [1.29, 1.82) is 0 Å². The van der Waals surface area contributed by atoms with Crippen molar-refractivity contribution >= 4 is 15.5 Å². The summed E-state index contributed by atoms with van der Waals surface area (Å²) < 4.78 is 27.3. The van der Waals surface area contributed by atoms with Crippen LogP contribution in [0.5, 0.6) is 5.75 Å². The molecule has 0 bridgehead atoms. The Morgan fingerprint density at radius 3 is 2.55 bits per heavy atom. The number of nitrogens with zero attached hydrogens (tertiary/aromatic N) is 1. The minimum atomic E-state index is -3.06. The van der Waals surface area contributed by atoms with E-state index in [-0.39, 0.29) is 17.5 Å². The molecule has 112 valence electrons. The van der Waals surface area contributed by atoms with Crippen LogP contribution in [0.3, 0.4) is 0 Å². The van der Waals surface area contributed by atoms with E-state index in [0.29, 0.717) is 17.9 Å². The highest BCUT2D eigenvalue weighted by Crippen LogP contribution is 2.22. The molecule has 0 fully saturated rings. The first kappa shape index (κ1) is 16.4. The second-order valence-corrected chi connectivity index (χ2v) is 6.86. The molecule has 0 aromatic heterocycles. The zero-order valence-electron chi connectivity index (χ0n) is 11.6. The molecule has 0 radical (unpaired) electrons. The summed E-state index contributed by atoms with van der Waals surface area (Å²) >= 11 is 0. The molecular formula is C12H18N2O5S. The molecule has 0 heterocycles. The van der Waals surface area contributed by atoms with Crippen molar-refractivity contribution < 1.29 is 18.1 Å². The summed E-state index contributed by atoms with van der Waals surface area (Å²) in [5.41, 5.74) is 0.605. The van der Waals surface area contributed by atoms with E-state index in [4.69, 9.17) is 4.74 Å². The second kappa shape index (κ2) is 6.67. The Balaban J connectivity index is 2.77. The lowest BCUT2D eigenvalue weighted by molar-refractivity contribution is -0.385. The zero-order chi connectivity index (χ0) is 15.3. The fraction of sp³-hybridized carbons (Fsp3) is 0.500. The molecule has 1 unspecified atom stereocenters.